The second-order valence-corrected chi connectivity index (χ2v) is 8.99. The van der Waals surface area contributed by atoms with Crippen LogP contribution in [-0.2, 0) is 11.4 Å². The quantitative estimate of drug-likeness (QED) is 0.267. The second-order valence-electron chi connectivity index (χ2n) is 7.61. The van der Waals surface area contributed by atoms with Crippen LogP contribution in [0.25, 0.3) is 5.69 Å². The molecule has 1 amide bonds. The maximum Gasteiger partial charge on any atom is 0.234 e. The first-order valence-electron chi connectivity index (χ1n) is 11.1. The summed E-state index contributed by atoms with van der Waals surface area (Å²) in [4.78, 5) is 12.6. The van der Waals surface area contributed by atoms with Crippen LogP contribution in [0.1, 0.15) is 18.3 Å². The number of nitrogens with zero attached hydrogens (tertiary/aromatic N) is 3. The van der Waals surface area contributed by atoms with Crippen molar-refractivity contribution in [3.8, 4) is 17.2 Å². The first-order chi connectivity index (χ1) is 17.0. The van der Waals surface area contributed by atoms with Crippen LogP contribution in [0.3, 0.4) is 0 Å². The molecule has 3 aromatic carbocycles. The molecule has 9 heteroatoms. The highest BCUT2D eigenvalue weighted by Gasteiger charge is 2.17. The van der Waals surface area contributed by atoms with Crippen molar-refractivity contribution in [2.75, 3.05) is 17.7 Å². The molecule has 0 unspecified atom stereocenters. The Bertz CT molecular complexity index is 1260. The fourth-order valence-corrected chi connectivity index (χ4v) is 4.14. The van der Waals surface area contributed by atoms with E-state index in [-0.39, 0.29) is 18.3 Å². The van der Waals surface area contributed by atoms with Gasteiger partial charge in [-0.3, -0.25) is 9.36 Å². The van der Waals surface area contributed by atoms with Gasteiger partial charge < -0.3 is 14.8 Å². The van der Waals surface area contributed by atoms with Crippen LogP contribution in [0, 0.1) is 6.92 Å². The minimum absolute atomic E-state index is 0.151. The molecule has 0 atom stereocenters. The molecule has 4 rings (SSSR count). The number of carbonyl (C=O) groups is 1. The van der Waals surface area contributed by atoms with Crippen molar-refractivity contribution in [2.24, 2.45) is 0 Å². The van der Waals surface area contributed by atoms with Crippen LogP contribution < -0.4 is 14.8 Å². The molecule has 35 heavy (non-hydrogen) atoms. The van der Waals surface area contributed by atoms with Gasteiger partial charge in [0.25, 0.3) is 0 Å². The number of thioether (sulfide) groups is 1. The molecule has 4 aromatic rings. The molecule has 1 N–H and O–H groups in total. The fraction of sp³-hybridized carbons (Fsp3) is 0.192. The van der Waals surface area contributed by atoms with Crippen molar-refractivity contribution in [1.29, 1.82) is 0 Å². The number of aromatic nitrogens is 3. The number of ether oxygens (including phenoxy) is 2. The Balaban J connectivity index is 1.46. The van der Waals surface area contributed by atoms with Crippen LogP contribution in [0.2, 0.25) is 5.02 Å². The summed E-state index contributed by atoms with van der Waals surface area (Å²) in [7, 11) is 0. The number of aryl methyl sites for hydroxylation is 1. The molecular formula is C26H25ClN4O3S. The van der Waals surface area contributed by atoms with Crippen LogP contribution in [0.5, 0.6) is 11.5 Å². The van der Waals surface area contributed by atoms with Crippen molar-refractivity contribution < 1.29 is 14.3 Å². The zero-order valence-corrected chi connectivity index (χ0v) is 21.0. The average molecular weight is 509 g/mol. The minimum atomic E-state index is -0.151. The lowest BCUT2D eigenvalue weighted by molar-refractivity contribution is -0.113. The van der Waals surface area contributed by atoms with Crippen LogP contribution in [0.15, 0.2) is 78.0 Å². The average Bonchev–Trinajstić information content (AvgIpc) is 3.27. The van der Waals surface area contributed by atoms with E-state index in [9.17, 15) is 4.79 Å². The molecule has 1 aromatic heterocycles. The van der Waals surface area contributed by atoms with Gasteiger partial charge in [-0.15, -0.1) is 10.2 Å². The van der Waals surface area contributed by atoms with Gasteiger partial charge in [-0.25, -0.2) is 0 Å². The number of carbonyl (C=O) groups excluding carboxylic acids is 1. The Morgan fingerprint density at radius 3 is 2.29 bits per heavy atom. The lowest BCUT2D eigenvalue weighted by Crippen LogP contribution is -2.14. The summed E-state index contributed by atoms with van der Waals surface area (Å²) in [6.07, 6.45) is 0. The highest BCUT2D eigenvalue weighted by Crippen LogP contribution is 2.25. The normalized spacial score (nSPS) is 10.7. The molecule has 0 radical (unpaired) electrons. The van der Waals surface area contributed by atoms with Crippen molar-refractivity contribution in [3.63, 3.8) is 0 Å². The van der Waals surface area contributed by atoms with E-state index in [1.165, 1.54) is 11.8 Å². The predicted molar refractivity (Wildman–Crippen MR) is 139 cm³/mol. The Morgan fingerprint density at radius 2 is 1.60 bits per heavy atom. The van der Waals surface area contributed by atoms with E-state index in [0.29, 0.717) is 28.3 Å². The number of hydrogen-bond acceptors (Lipinski definition) is 6. The summed E-state index contributed by atoms with van der Waals surface area (Å²) in [6, 6.07) is 22.4. The molecule has 0 fully saturated rings. The van der Waals surface area contributed by atoms with E-state index in [0.717, 1.165) is 22.7 Å². The van der Waals surface area contributed by atoms with Gasteiger partial charge in [0, 0.05) is 16.4 Å². The Kier molecular flexibility index (Phi) is 8.28. The van der Waals surface area contributed by atoms with Crippen LogP contribution in [-0.4, -0.2) is 33.0 Å². The van der Waals surface area contributed by atoms with Crippen molar-refractivity contribution in [1.82, 2.24) is 14.8 Å². The van der Waals surface area contributed by atoms with Gasteiger partial charge in [0.15, 0.2) is 11.0 Å². The van der Waals surface area contributed by atoms with Gasteiger partial charge in [-0.2, -0.15) is 0 Å². The molecule has 0 saturated heterocycles. The molecule has 1 heterocycles. The van der Waals surface area contributed by atoms with Gasteiger partial charge in [0.1, 0.15) is 18.1 Å². The summed E-state index contributed by atoms with van der Waals surface area (Å²) < 4.78 is 13.2. The molecular weight excluding hydrogens is 484 g/mol. The summed E-state index contributed by atoms with van der Waals surface area (Å²) >= 11 is 7.38. The first-order valence-corrected chi connectivity index (χ1v) is 12.4. The maximum atomic E-state index is 12.6. The van der Waals surface area contributed by atoms with Crippen LogP contribution in [0.4, 0.5) is 5.69 Å². The van der Waals surface area contributed by atoms with Crippen LogP contribution >= 0.6 is 23.4 Å². The molecule has 0 aliphatic carbocycles. The summed E-state index contributed by atoms with van der Waals surface area (Å²) in [5.41, 5.74) is 2.69. The zero-order valence-electron chi connectivity index (χ0n) is 19.4. The molecule has 7 nitrogen and oxygen atoms in total. The molecule has 180 valence electrons. The smallest absolute Gasteiger partial charge is 0.234 e. The molecule has 0 bridgehead atoms. The number of benzene rings is 3. The largest absolute Gasteiger partial charge is 0.494 e. The number of rotatable bonds is 10. The number of halogens is 1. The number of amides is 1. The Morgan fingerprint density at radius 1 is 0.943 bits per heavy atom. The van der Waals surface area contributed by atoms with Gasteiger partial charge in [-0.05, 0) is 74.5 Å². The lowest BCUT2D eigenvalue weighted by Gasteiger charge is -2.12. The SMILES string of the molecule is CCOc1ccc(NC(=O)CSc2nnc(COc3ccc(C)cc3)n2-c2ccc(Cl)cc2)cc1. The molecule has 0 saturated carbocycles. The second kappa shape index (κ2) is 11.8. The molecule has 0 aliphatic rings. The van der Waals surface area contributed by atoms with E-state index in [4.69, 9.17) is 21.1 Å². The Labute approximate surface area is 213 Å². The molecule has 0 spiro atoms. The Hall–Kier alpha value is -3.49. The highest BCUT2D eigenvalue weighted by atomic mass is 35.5. The minimum Gasteiger partial charge on any atom is -0.494 e. The summed E-state index contributed by atoms with van der Waals surface area (Å²) in [6.45, 7) is 4.76. The van der Waals surface area contributed by atoms with Crippen molar-refractivity contribution in [3.05, 3.63) is 89.2 Å². The fourth-order valence-electron chi connectivity index (χ4n) is 3.25. The van der Waals surface area contributed by atoms with Gasteiger partial charge >= 0.3 is 0 Å². The number of anilines is 1. The summed E-state index contributed by atoms with van der Waals surface area (Å²) in [5, 5.41) is 12.7. The first kappa shape index (κ1) is 24.6. The monoisotopic (exact) mass is 508 g/mol. The highest BCUT2D eigenvalue weighted by molar-refractivity contribution is 7.99. The van der Waals surface area contributed by atoms with Gasteiger partial charge in [-0.1, -0.05) is 41.1 Å². The van der Waals surface area contributed by atoms with E-state index in [1.807, 2.05) is 79.1 Å². The standard InChI is InChI=1S/C26H25ClN4O3S/c1-3-33-22-14-8-20(9-15-22)28-25(32)17-35-26-30-29-24(16-34-23-12-4-18(2)5-13-23)31(26)21-10-6-19(27)7-11-21/h4-15H,3,16-17H2,1-2H3,(H,28,32). The number of nitrogens with one attached hydrogen (secondary N) is 1. The lowest BCUT2D eigenvalue weighted by atomic mass is 10.2. The molecule has 0 aliphatic heterocycles. The van der Waals surface area contributed by atoms with Crippen molar-refractivity contribution in [2.45, 2.75) is 25.6 Å². The predicted octanol–water partition coefficient (Wildman–Crippen LogP) is 5.94. The number of hydrogen-bond donors (Lipinski definition) is 1. The van der Waals surface area contributed by atoms with Gasteiger partial charge in [0.05, 0.1) is 12.4 Å². The topological polar surface area (TPSA) is 78.3 Å². The van der Waals surface area contributed by atoms with E-state index in [2.05, 4.69) is 15.5 Å². The van der Waals surface area contributed by atoms with E-state index < -0.39 is 0 Å². The third-order valence-electron chi connectivity index (χ3n) is 4.96. The third-order valence-corrected chi connectivity index (χ3v) is 6.14. The van der Waals surface area contributed by atoms with Gasteiger partial charge in [0.2, 0.25) is 5.91 Å². The maximum absolute atomic E-state index is 12.6. The van der Waals surface area contributed by atoms with E-state index in [1.54, 1.807) is 12.1 Å². The summed E-state index contributed by atoms with van der Waals surface area (Å²) in [5.74, 6) is 2.13. The van der Waals surface area contributed by atoms with E-state index >= 15 is 0 Å². The third kappa shape index (κ3) is 6.77. The van der Waals surface area contributed by atoms with Crippen molar-refractivity contribution >= 4 is 35.0 Å². The zero-order chi connectivity index (χ0) is 24.6.